The van der Waals surface area contributed by atoms with Crippen LogP contribution in [0, 0.1) is 17.0 Å². The molecule has 1 N–H and O–H groups in total. The molecule has 1 aromatic carbocycles. The predicted octanol–water partition coefficient (Wildman–Crippen LogP) is 3.56. The summed E-state index contributed by atoms with van der Waals surface area (Å²) in [6, 6.07) is 2.69. The third-order valence-corrected chi connectivity index (χ3v) is 3.54. The molecule has 2 aromatic rings. The van der Waals surface area contributed by atoms with Gasteiger partial charge in [-0.25, -0.2) is 0 Å². The quantitative estimate of drug-likeness (QED) is 0.691. The van der Waals surface area contributed by atoms with Crippen molar-refractivity contribution in [3.05, 3.63) is 49.7 Å². The van der Waals surface area contributed by atoms with Gasteiger partial charge in [-0.3, -0.25) is 14.8 Å². The van der Waals surface area contributed by atoms with E-state index < -0.39 is 4.92 Å². The fraction of sp³-hybridized carbons (Fsp3) is 0.250. The fourth-order valence-corrected chi connectivity index (χ4v) is 2.16. The van der Waals surface area contributed by atoms with Crippen LogP contribution >= 0.6 is 23.2 Å². The maximum Gasteiger partial charge on any atom is 0.293 e. The number of benzene rings is 1. The summed E-state index contributed by atoms with van der Waals surface area (Å²) in [6.07, 6.45) is 1.85. The molecule has 0 radical (unpaired) electrons. The lowest BCUT2D eigenvalue weighted by Crippen LogP contribution is -2.03. The highest BCUT2D eigenvalue weighted by atomic mass is 35.5. The molecule has 0 saturated heterocycles. The normalized spacial score (nSPS) is 10.6. The summed E-state index contributed by atoms with van der Waals surface area (Å²) in [5.74, 6) is 0. The van der Waals surface area contributed by atoms with E-state index in [0.29, 0.717) is 12.2 Å². The molecule has 0 aliphatic heterocycles. The first-order chi connectivity index (χ1) is 9.38. The smallest absolute Gasteiger partial charge is 0.293 e. The number of nitro benzene ring substituents is 1. The average molecular weight is 315 g/mol. The van der Waals surface area contributed by atoms with Gasteiger partial charge in [-0.2, -0.15) is 5.10 Å². The van der Waals surface area contributed by atoms with Crippen LogP contribution in [-0.2, 0) is 13.6 Å². The second-order valence-corrected chi connectivity index (χ2v) is 5.12. The van der Waals surface area contributed by atoms with Gasteiger partial charge in [0.15, 0.2) is 0 Å². The standard InChI is InChI=1S/C12H12Cl2N4O2/c1-7-8(6-17(2)16-7)5-15-11-3-9(13)10(14)4-12(11)18(19)20/h3-4,6,15H,5H2,1-2H3. The van der Waals surface area contributed by atoms with Crippen LogP contribution in [0.25, 0.3) is 0 Å². The Morgan fingerprint density at radius 1 is 1.40 bits per heavy atom. The maximum atomic E-state index is 11.0. The highest BCUT2D eigenvalue weighted by molar-refractivity contribution is 6.42. The molecule has 1 aromatic heterocycles. The Bertz CT molecular complexity index is 670. The molecule has 0 aliphatic rings. The van der Waals surface area contributed by atoms with Crippen LogP contribution < -0.4 is 5.32 Å². The van der Waals surface area contributed by atoms with Gasteiger partial charge in [0.05, 0.1) is 20.7 Å². The van der Waals surface area contributed by atoms with Crippen molar-refractivity contribution in [2.24, 2.45) is 7.05 Å². The Balaban J connectivity index is 2.27. The van der Waals surface area contributed by atoms with Crippen LogP contribution in [0.1, 0.15) is 11.3 Å². The molecule has 2 rings (SSSR count). The van der Waals surface area contributed by atoms with Crippen molar-refractivity contribution in [1.29, 1.82) is 0 Å². The largest absolute Gasteiger partial charge is 0.375 e. The summed E-state index contributed by atoms with van der Waals surface area (Å²) in [4.78, 5) is 10.5. The first-order valence-corrected chi connectivity index (χ1v) is 6.50. The third kappa shape index (κ3) is 3.02. The molecule has 6 nitrogen and oxygen atoms in total. The van der Waals surface area contributed by atoms with Gasteiger partial charge in [0.2, 0.25) is 0 Å². The van der Waals surface area contributed by atoms with Gasteiger partial charge < -0.3 is 5.32 Å². The summed E-state index contributed by atoms with van der Waals surface area (Å²) in [6.45, 7) is 2.29. The third-order valence-electron chi connectivity index (χ3n) is 2.82. The topological polar surface area (TPSA) is 73.0 Å². The number of nitrogens with one attached hydrogen (secondary N) is 1. The minimum absolute atomic E-state index is 0.110. The molecule has 0 amide bonds. The maximum absolute atomic E-state index is 11.0. The van der Waals surface area contributed by atoms with E-state index in [1.54, 1.807) is 4.68 Å². The molecule has 20 heavy (non-hydrogen) atoms. The number of anilines is 1. The predicted molar refractivity (Wildman–Crippen MR) is 78.4 cm³/mol. The van der Waals surface area contributed by atoms with Crippen LogP contribution in [0.3, 0.4) is 0 Å². The number of aromatic nitrogens is 2. The highest BCUT2D eigenvalue weighted by Crippen LogP contribution is 2.34. The summed E-state index contributed by atoms with van der Waals surface area (Å²) < 4.78 is 1.69. The molecule has 8 heteroatoms. The average Bonchev–Trinajstić information content (AvgIpc) is 2.68. The van der Waals surface area contributed by atoms with Crippen LogP contribution in [0.15, 0.2) is 18.3 Å². The van der Waals surface area contributed by atoms with Gasteiger partial charge in [0.25, 0.3) is 5.69 Å². The first-order valence-electron chi connectivity index (χ1n) is 5.75. The zero-order chi connectivity index (χ0) is 14.9. The molecule has 0 fully saturated rings. The second-order valence-electron chi connectivity index (χ2n) is 4.31. The highest BCUT2D eigenvalue weighted by Gasteiger charge is 2.17. The Labute approximate surface area is 125 Å². The van der Waals surface area contributed by atoms with E-state index in [1.165, 1.54) is 12.1 Å². The van der Waals surface area contributed by atoms with E-state index in [4.69, 9.17) is 23.2 Å². The summed E-state index contributed by atoms with van der Waals surface area (Å²) in [5.41, 5.74) is 2.03. The van der Waals surface area contributed by atoms with E-state index >= 15 is 0 Å². The molecule has 0 atom stereocenters. The van der Waals surface area contributed by atoms with Crippen molar-refractivity contribution >= 4 is 34.6 Å². The molecule has 106 valence electrons. The van der Waals surface area contributed by atoms with Crippen molar-refractivity contribution in [1.82, 2.24) is 9.78 Å². The van der Waals surface area contributed by atoms with Crippen LogP contribution in [-0.4, -0.2) is 14.7 Å². The number of hydrogen-bond acceptors (Lipinski definition) is 4. The molecule has 0 bridgehead atoms. The van der Waals surface area contributed by atoms with Crippen LogP contribution in [0.4, 0.5) is 11.4 Å². The van der Waals surface area contributed by atoms with Crippen molar-refractivity contribution < 1.29 is 4.92 Å². The van der Waals surface area contributed by atoms with Crippen molar-refractivity contribution in [2.75, 3.05) is 5.32 Å². The van der Waals surface area contributed by atoms with Gasteiger partial charge in [-0.05, 0) is 13.0 Å². The second kappa shape index (κ2) is 5.68. The fourth-order valence-electron chi connectivity index (χ4n) is 1.84. The number of nitro groups is 1. The number of hydrogen-bond donors (Lipinski definition) is 1. The Morgan fingerprint density at radius 2 is 2.05 bits per heavy atom. The number of aryl methyl sites for hydroxylation is 2. The Kier molecular flexibility index (Phi) is 4.15. The minimum atomic E-state index is -0.499. The van der Waals surface area contributed by atoms with E-state index in [-0.39, 0.29) is 15.7 Å². The molecular formula is C12H12Cl2N4O2. The van der Waals surface area contributed by atoms with E-state index in [9.17, 15) is 10.1 Å². The number of halogens is 2. The monoisotopic (exact) mass is 314 g/mol. The van der Waals surface area contributed by atoms with Gasteiger partial charge in [0.1, 0.15) is 5.69 Å². The van der Waals surface area contributed by atoms with E-state index in [1.807, 2.05) is 20.2 Å². The summed E-state index contributed by atoms with van der Waals surface area (Å²) in [7, 11) is 1.82. The number of rotatable bonds is 4. The minimum Gasteiger partial charge on any atom is -0.375 e. The number of nitrogens with zero attached hydrogens (tertiary/aromatic N) is 3. The molecule has 0 unspecified atom stereocenters. The first kappa shape index (κ1) is 14.6. The molecule has 0 spiro atoms. The lowest BCUT2D eigenvalue weighted by Gasteiger charge is -2.08. The summed E-state index contributed by atoms with van der Waals surface area (Å²) in [5, 5.41) is 18.6. The SMILES string of the molecule is Cc1nn(C)cc1CNc1cc(Cl)c(Cl)cc1[N+](=O)[O-]. The Morgan fingerprint density at radius 3 is 2.60 bits per heavy atom. The molecule has 0 saturated carbocycles. The molecule has 0 aliphatic carbocycles. The van der Waals surface area contributed by atoms with Crippen molar-refractivity contribution in [3.63, 3.8) is 0 Å². The van der Waals surface area contributed by atoms with Gasteiger partial charge in [-0.15, -0.1) is 0 Å². The molecular weight excluding hydrogens is 303 g/mol. The van der Waals surface area contributed by atoms with Gasteiger partial charge >= 0.3 is 0 Å². The summed E-state index contributed by atoms with van der Waals surface area (Å²) >= 11 is 11.7. The van der Waals surface area contributed by atoms with Crippen LogP contribution in [0.2, 0.25) is 10.0 Å². The van der Waals surface area contributed by atoms with E-state index in [0.717, 1.165) is 11.3 Å². The lowest BCUT2D eigenvalue weighted by molar-refractivity contribution is -0.383. The zero-order valence-corrected chi connectivity index (χ0v) is 12.4. The lowest BCUT2D eigenvalue weighted by atomic mass is 10.2. The van der Waals surface area contributed by atoms with Crippen LogP contribution in [0.5, 0.6) is 0 Å². The van der Waals surface area contributed by atoms with Crippen molar-refractivity contribution in [3.8, 4) is 0 Å². The van der Waals surface area contributed by atoms with Gasteiger partial charge in [-0.1, -0.05) is 23.2 Å². The van der Waals surface area contributed by atoms with E-state index in [2.05, 4.69) is 10.4 Å². The molecule has 1 heterocycles. The Hall–Kier alpha value is -1.79. The van der Waals surface area contributed by atoms with Crippen molar-refractivity contribution in [2.45, 2.75) is 13.5 Å². The van der Waals surface area contributed by atoms with Gasteiger partial charge in [0, 0.05) is 31.4 Å². The zero-order valence-electron chi connectivity index (χ0n) is 10.9.